The highest BCUT2D eigenvalue weighted by Crippen LogP contribution is 2.51. The molecular weight excluding hydrogens is 750 g/mol. The molecule has 4 aromatic carbocycles. The van der Waals surface area contributed by atoms with Gasteiger partial charge in [0.25, 0.3) is 5.91 Å². The lowest BCUT2D eigenvalue weighted by Gasteiger charge is -2.47. The third-order valence-electron chi connectivity index (χ3n) is 13.2. The van der Waals surface area contributed by atoms with Gasteiger partial charge in [-0.2, -0.15) is 0 Å². The van der Waals surface area contributed by atoms with E-state index in [0.29, 0.717) is 49.8 Å². The molecule has 4 aromatic rings. The zero-order chi connectivity index (χ0) is 40.6. The Hall–Kier alpha value is -5.62. The number of amides is 3. The fourth-order valence-electron chi connectivity index (χ4n) is 10.2. The van der Waals surface area contributed by atoms with Gasteiger partial charge in [-0.15, -0.1) is 0 Å². The molecule has 0 spiro atoms. The molecule has 59 heavy (non-hydrogen) atoms. The minimum Gasteiger partial charge on any atom is -0.508 e. The van der Waals surface area contributed by atoms with Gasteiger partial charge in [0.05, 0.1) is 24.5 Å². The first-order chi connectivity index (χ1) is 28.7. The topological polar surface area (TPSA) is 124 Å². The van der Waals surface area contributed by atoms with Crippen molar-refractivity contribution in [2.24, 2.45) is 5.92 Å². The SMILES string of the molecule is COc1c(C2c3ccc(O)cc3CCC2c2ccccc2)ccc(N2CCC(CN3CCN4c5cc6c(cc5OCC4C3)C(=O)NC6)CC2)c1F.O=C1CCCC(=O)N1. The van der Waals surface area contributed by atoms with E-state index in [1.165, 1.54) is 5.56 Å². The number of phenolic OH excluding ortho intramolecular Hbond substituents is 1. The maximum Gasteiger partial charge on any atom is 0.252 e. The number of carbonyl (C=O) groups is 3. The maximum absolute atomic E-state index is 16.6. The van der Waals surface area contributed by atoms with Gasteiger partial charge in [-0.1, -0.05) is 42.5 Å². The Morgan fingerprint density at radius 3 is 2.37 bits per heavy atom. The molecule has 6 aliphatic rings. The van der Waals surface area contributed by atoms with Gasteiger partial charge in [0.1, 0.15) is 18.1 Å². The van der Waals surface area contributed by atoms with Gasteiger partial charge in [0.15, 0.2) is 11.6 Å². The third kappa shape index (κ3) is 7.82. The van der Waals surface area contributed by atoms with Gasteiger partial charge < -0.3 is 29.7 Å². The second-order valence-corrected chi connectivity index (χ2v) is 16.8. The number of imide groups is 1. The first-order valence-corrected chi connectivity index (χ1v) is 21.1. The number of piperazine rings is 1. The van der Waals surface area contributed by atoms with Crippen LogP contribution in [0.2, 0.25) is 0 Å². The molecule has 3 atom stereocenters. The Labute approximate surface area is 344 Å². The van der Waals surface area contributed by atoms with Gasteiger partial charge in [0.2, 0.25) is 11.8 Å². The molecule has 3 unspecified atom stereocenters. The van der Waals surface area contributed by atoms with E-state index in [0.717, 1.165) is 104 Å². The smallest absolute Gasteiger partial charge is 0.252 e. The molecule has 0 saturated carbocycles. The van der Waals surface area contributed by atoms with Crippen molar-refractivity contribution in [3.8, 4) is 17.2 Å². The lowest BCUT2D eigenvalue weighted by atomic mass is 9.69. The van der Waals surface area contributed by atoms with Crippen molar-refractivity contribution in [1.29, 1.82) is 0 Å². The molecule has 3 N–H and O–H groups in total. The summed E-state index contributed by atoms with van der Waals surface area (Å²) in [4.78, 5) is 40.1. The summed E-state index contributed by atoms with van der Waals surface area (Å²) in [6, 6.07) is 24.5. The fourth-order valence-corrected chi connectivity index (χ4v) is 10.2. The molecular formula is C47H52FN5O6. The normalized spacial score (nSPS) is 22.7. The van der Waals surface area contributed by atoms with Crippen molar-refractivity contribution < 1.29 is 33.4 Å². The standard InChI is InChI=1S/C42H45FN4O4.C5H7NO2/c1-50-41-34(39-32(27-5-3-2-4-6-27)9-7-28-19-31(48)8-10-33(28)39)11-12-36(40(41)43)46-15-13-26(14-16-46)23-45-17-18-47-30(24-45)25-51-38-21-35-29(20-37(38)47)22-44-42(35)49;7-4-2-1-3-5(8)6-4/h2-6,8,10-12,19-21,26,30,32,39,48H,7,9,13-18,22-25H2,1H3,(H,44,49);1-3H2,(H,6,7,8). The van der Waals surface area contributed by atoms with Crippen LogP contribution in [-0.4, -0.2) is 86.8 Å². The highest BCUT2D eigenvalue weighted by molar-refractivity contribution is 5.99. The Kier molecular flexibility index (Phi) is 10.9. The monoisotopic (exact) mass is 801 g/mol. The van der Waals surface area contributed by atoms with Crippen LogP contribution >= 0.6 is 0 Å². The second kappa shape index (κ2) is 16.6. The van der Waals surface area contributed by atoms with Crippen LogP contribution in [0.1, 0.15) is 88.5 Å². The summed E-state index contributed by atoms with van der Waals surface area (Å²) in [5.41, 5.74) is 7.84. The number of methoxy groups -OCH3 is 1. The number of piperidine rings is 2. The van der Waals surface area contributed by atoms with E-state index in [1.807, 2.05) is 30.3 Å². The lowest BCUT2D eigenvalue weighted by molar-refractivity contribution is -0.132. The van der Waals surface area contributed by atoms with Crippen LogP contribution < -0.4 is 29.9 Å². The number of halogens is 1. The minimum atomic E-state index is -0.286. The number of rotatable bonds is 6. The minimum absolute atomic E-state index is 0.0154. The number of nitrogens with zero attached hydrogens (tertiary/aromatic N) is 3. The molecule has 10 rings (SSSR count). The number of phenols is 1. The van der Waals surface area contributed by atoms with E-state index >= 15 is 4.39 Å². The number of anilines is 2. The molecule has 0 bridgehead atoms. The van der Waals surface area contributed by atoms with Crippen LogP contribution in [-0.2, 0) is 22.6 Å². The molecule has 0 radical (unpaired) electrons. The number of hydrogen-bond donors (Lipinski definition) is 3. The average molecular weight is 802 g/mol. The summed E-state index contributed by atoms with van der Waals surface area (Å²) in [6.45, 7) is 6.74. The molecule has 308 valence electrons. The number of aryl methyl sites for hydroxylation is 1. The van der Waals surface area contributed by atoms with Crippen LogP contribution in [0.15, 0.2) is 72.8 Å². The van der Waals surface area contributed by atoms with Crippen molar-refractivity contribution in [2.45, 2.75) is 69.4 Å². The summed E-state index contributed by atoms with van der Waals surface area (Å²) in [5.74, 6) is 1.45. The van der Waals surface area contributed by atoms with Crippen LogP contribution in [0.3, 0.4) is 0 Å². The number of aromatic hydroxyl groups is 1. The molecule has 11 nitrogen and oxygen atoms in total. The van der Waals surface area contributed by atoms with Crippen molar-refractivity contribution in [3.05, 3.63) is 112 Å². The Balaban J connectivity index is 0.000000505. The molecule has 5 aliphatic heterocycles. The van der Waals surface area contributed by atoms with E-state index in [4.69, 9.17) is 9.47 Å². The van der Waals surface area contributed by atoms with Crippen molar-refractivity contribution in [2.75, 3.05) is 62.8 Å². The van der Waals surface area contributed by atoms with E-state index < -0.39 is 0 Å². The molecule has 12 heteroatoms. The van der Waals surface area contributed by atoms with E-state index in [1.54, 1.807) is 13.2 Å². The molecule has 5 heterocycles. The van der Waals surface area contributed by atoms with Gasteiger partial charge in [0, 0.05) is 75.7 Å². The quantitative estimate of drug-likeness (QED) is 0.194. The Morgan fingerprint density at radius 2 is 1.63 bits per heavy atom. The number of fused-ring (bicyclic) bond motifs is 5. The van der Waals surface area contributed by atoms with Crippen LogP contribution in [0.25, 0.3) is 0 Å². The van der Waals surface area contributed by atoms with Gasteiger partial charge in [-0.3, -0.25) is 24.6 Å². The Morgan fingerprint density at radius 1 is 0.847 bits per heavy atom. The number of nitrogens with one attached hydrogen (secondary N) is 2. The lowest BCUT2D eigenvalue weighted by Crippen LogP contribution is -2.58. The van der Waals surface area contributed by atoms with Crippen LogP contribution in [0, 0.1) is 11.7 Å². The van der Waals surface area contributed by atoms with Gasteiger partial charge in [-0.25, -0.2) is 4.39 Å². The van der Waals surface area contributed by atoms with E-state index in [2.05, 4.69) is 61.7 Å². The largest absolute Gasteiger partial charge is 0.508 e. The highest BCUT2D eigenvalue weighted by atomic mass is 19.1. The first-order valence-electron chi connectivity index (χ1n) is 21.1. The fraction of sp³-hybridized carbons (Fsp3) is 0.426. The van der Waals surface area contributed by atoms with Crippen molar-refractivity contribution in [3.63, 3.8) is 0 Å². The maximum atomic E-state index is 16.6. The number of carbonyl (C=O) groups excluding carboxylic acids is 3. The van der Waals surface area contributed by atoms with Crippen molar-refractivity contribution >= 4 is 29.1 Å². The predicted molar refractivity (Wildman–Crippen MR) is 223 cm³/mol. The van der Waals surface area contributed by atoms with E-state index in [9.17, 15) is 19.5 Å². The average Bonchev–Trinajstić information content (AvgIpc) is 3.61. The second-order valence-electron chi connectivity index (χ2n) is 16.8. The Bertz CT molecular complexity index is 2230. The first kappa shape index (κ1) is 38.9. The van der Waals surface area contributed by atoms with Crippen LogP contribution in [0.4, 0.5) is 15.8 Å². The molecule has 0 aromatic heterocycles. The van der Waals surface area contributed by atoms with Crippen LogP contribution in [0.5, 0.6) is 17.2 Å². The van der Waals surface area contributed by atoms with Gasteiger partial charge in [-0.05, 0) is 96.5 Å². The molecule has 3 amide bonds. The van der Waals surface area contributed by atoms with Crippen molar-refractivity contribution in [1.82, 2.24) is 15.5 Å². The van der Waals surface area contributed by atoms with Gasteiger partial charge >= 0.3 is 0 Å². The summed E-state index contributed by atoms with van der Waals surface area (Å²) in [7, 11) is 1.58. The summed E-state index contributed by atoms with van der Waals surface area (Å²) in [5, 5.41) is 15.4. The number of hydrogen-bond acceptors (Lipinski definition) is 9. The third-order valence-corrected chi connectivity index (χ3v) is 13.2. The molecule has 3 saturated heterocycles. The summed E-state index contributed by atoms with van der Waals surface area (Å²) >= 11 is 0. The zero-order valence-electron chi connectivity index (χ0n) is 33.6. The zero-order valence-corrected chi connectivity index (χ0v) is 33.6. The number of ether oxygens (including phenoxy) is 2. The molecule has 3 fully saturated rings. The highest BCUT2D eigenvalue weighted by Gasteiger charge is 2.38. The summed E-state index contributed by atoms with van der Waals surface area (Å²) in [6.07, 6.45) is 5.51. The van der Waals surface area contributed by atoms with E-state index in [-0.39, 0.29) is 47.2 Å². The molecule has 1 aliphatic carbocycles. The predicted octanol–water partition coefficient (Wildman–Crippen LogP) is 6.26. The number of benzene rings is 4. The summed E-state index contributed by atoms with van der Waals surface area (Å²) < 4.78 is 28.7.